The van der Waals surface area contributed by atoms with Crippen LogP contribution in [0.15, 0.2) is 48.6 Å². The molecule has 0 saturated heterocycles. The van der Waals surface area contributed by atoms with Crippen molar-refractivity contribution in [1.82, 2.24) is 5.32 Å². The Morgan fingerprint density at radius 2 is 0.831 bits per heavy atom. The lowest BCUT2D eigenvalue weighted by molar-refractivity contribution is -0.151. The van der Waals surface area contributed by atoms with E-state index in [9.17, 15) is 19.8 Å². The van der Waals surface area contributed by atoms with E-state index in [2.05, 4.69) is 74.7 Å². The number of ether oxygens (including phenoxy) is 1. The second-order valence-corrected chi connectivity index (χ2v) is 19.4. The maximum Gasteiger partial charge on any atom is 0.306 e. The Kier molecular flexibility index (Phi) is 51.0. The van der Waals surface area contributed by atoms with Crippen LogP contribution >= 0.6 is 0 Å². The highest BCUT2D eigenvalue weighted by atomic mass is 16.5. The maximum atomic E-state index is 13.2. The van der Waals surface area contributed by atoms with Crippen molar-refractivity contribution >= 4 is 11.9 Å². The lowest BCUT2D eigenvalue weighted by Gasteiger charge is -2.24. The summed E-state index contributed by atoms with van der Waals surface area (Å²) in [6, 6.07) is -0.710. The van der Waals surface area contributed by atoms with Gasteiger partial charge in [-0.25, -0.2) is 0 Å². The number of carbonyl (C=O) groups excluding carboxylic acids is 2. The molecule has 0 heterocycles. The van der Waals surface area contributed by atoms with Gasteiger partial charge in [-0.05, 0) is 83.5 Å². The first kappa shape index (κ1) is 62.8. The number of amides is 1. The van der Waals surface area contributed by atoms with E-state index >= 15 is 0 Å². The van der Waals surface area contributed by atoms with Crippen molar-refractivity contribution < 1.29 is 24.5 Å². The van der Waals surface area contributed by atoms with Crippen LogP contribution in [0.4, 0.5) is 0 Å². The molecule has 0 spiro atoms. The van der Waals surface area contributed by atoms with Gasteiger partial charge in [-0.1, -0.05) is 243 Å². The lowest BCUT2D eigenvalue weighted by Crippen LogP contribution is -2.46. The molecule has 0 fully saturated rings. The van der Waals surface area contributed by atoms with Gasteiger partial charge in [-0.3, -0.25) is 9.59 Å². The van der Waals surface area contributed by atoms with Crippen molar-refractivity contribution in [2.45, 2.75) is 309 Å². The lowest BCUT2D eigenvalue weighted by atomic mass is 10.0. The largest absolute Gasteiger partial charge is 0.462 e. The Balaban J connectivity index is 4.58. The monoisotopic (exact) mass is 912 g/mol. The van der Waals surface area contributed by atoms with Crippen molar-refractivity contribution in [2.75, 3.05) is 6.61 Å². The molecule has 65 heavy (non-hydrogen) atoms. The summed E-state index contributed by atoms with van der Waals surface area (Å²) >= 11 is 0. The van der Waals surface area contributed by atoms with E-state index < -0.39 is 18.2 Å². The van der Waals surface area contributed by atoms with Crippen LogP contribution < -0.4 is 5.32 Å². The molecule has 0 aromatic heterocycles. The summed E-state index contributed by atoms with van der Waals surface area (Å²) in [5, 5.41) is 23.8. The third-order valence-corrected chi connectivity index (χ3v) is 12.9. The zero-order valence-corrected chi connectivity index (χ0v) is 43.4. The van der Waals surface area contributed by atoms with Crippen LogP contribution in [0.25, 0.3) is 0 Å². The van der Waals surface area contributed by atoms with Gasteiger partial charge in [0.15, 0.2) is 0 Å². The number of aliphatic hydroxyl groups excluding tert-OH is 2. The summed E-state index contributed by atoms with van der Waals surface area (Å²) in [6.45, 7) is 6.46. The molecule has 1 amide bonds. The van der Waals surface area contributed by atoms with Gasteiger partial charge in [0, 0.05) is 6.42 Å². The van der Waals surface area contributed by atoms with Gasteiger partial charge in [0.1, 0.15) is 6.10 Å². The normalized spacial score (nSPS) is 13.5. The Labute approximate surface area is 404 Å². The summed E-state index contributed by atoms with van der Waals surface area (Å²) < 4.78 is 5.95. The van der Waals surface area contributed by atoms with Gasteiger partial charge in [0.25, 0.3) is 0 Å². The molecule has 6 nitrogen and oxygen atoms in total. The molecule has 0 aliphatic rings. The smallest absolute Gasteiger partial charge is 0.306 e. The Morgan fingerprint density at radius 3 is 1.31 bits per heavy atom. The van der Waals surface area contributed by atoms with Gasteiger partial charge in [-0.2, -0.15) is 0 Å². The van der Waals surface area contributed by atoms with E-state index in [1.165, 1.54) is 167 Å². The van der Waals surface area contributed by atoms with Crippen molar-refractivity contribution in [3.05, 3.63) is 48.6 Å². The number of nitrogens with one attached hydrogen (secondary N) is 1. The van der Waals surface area contributed by atoms with Crippen LogP contribution in [0.5, 0.6) is 0 Å². The molecule has 0 bridgehead atoms. The molecule has 0 radical (unpaired) electrons. The number of hydrogen-bond donors (Lipinski definition) is 3. The maximum absolute atomic E-state index is 13.2. The summed E-state index contributed by atoms with van der Waals surface area (Å²) in [7, 11) is 0. The zero-order chi connectivity index (χ0) is 47.4. The van der Waals surface area contributed by atoms with E-state index in [1.807, 2.05) is 0 Å². The molecule has 3 atom stereocenters. The number of carbonyl (C=O) groups is 2. The molecular weight excluding hydrogens is 803 g/mol. The highest BCUT2D eigenvalue weighted by Gasteiger charge is 2.24. The van der Waals surface area contributed by atoms with E-state index in [4.69, 9.17) is 4.74 Å². The number of allylic oxidation sites excluding steroid dienone is 8. The molecule has 3 N–H and O–H groups in total. The van der Waals surface area contributed by atoms with Gasteiger partial charge >= 0.3 is 5.97 Å². The summed E-state index contributed by atoms with van der Waals surface area (Å²) in [5.74, 6) is -0.496. The summed E-state index contributed by atoms with van der Waals surface area (Å²) in [4.78, 5) is 26.2. The Bertz CT molecular complexity index is 1110. The minimum absolute atomic E-state index is 0.0592. The molecule has 0 rings (SSSR count). The third-order valence-electron chi connectivity index (χ3n) is 12.9. The van der Waals surface area contributed by atoms with Crippen molar-refractivity contribution in [1.29, 1.82) is 0 Å². The fourth-order valence-corrected chi connectivity index (χ4v) is 8.57. The first-order valence-corrected chi connectivity index (χ1v) is 28.4. The third kappa shape index (κ3) is 48.1. The van der Waals surface area contributed by atoms with Crippen LogP contribution in [0, 0.1) is 0 Å². The topological polar surface area (TPSA) is 95.9 Å². The van der Waals surface area contributed by atoms with Gasteiger partial charge in [0.05, 0.1) is 25.2 Å². The highest BCUT2D eigenvalue weighted by Crippen LogP contribution is 2.18. The second kappa shape index (κ2) is 52.8. The first-order chi connectivity index (χ1) is 32.0. The van der Waals surface area contributed by atoms with Crippen LogP contribution in [0.1, 0.15) is 290 Å². The Morgan fingerprint density at radius 1 is 0.462 bits per heavy atom. The quantitative estimate of drug-likeness (QED) is 0.0245. The summed E-state index contributed by atoms with van der Waals surface area (Å²) in [5.41, 5.74) is 0. The molecule has 0 saturated carbocycles. The van der Waals surface area contributed by atoms with Gasteiger partial charge < -0.3 is 20.3 Å². The number of aliphatic hydroxyl groups is 2. The van der Waals surface area contributed by atoms with Crippen LogP contribution in [0.2, 0.25) is 0 Å². The van der Waals surface area contributed by atoms with Crippen molar-refractivity contribution in [3.63, 3.8) is 0 Å². The molecule has 0 aliphatic carbocycles. The molecule has 6 heteroatoms. The number of esters is 1. The highest BCUT2D eigenvalue weighted by molar-refractivity contribution is 5.77. The molecule has 3 unspecified atom stereocenters. The molecule has 0 aromatic rings. The van der Waals surface area contributed by atoms with E-state index in [1.54, 1.807) is 0 Å². The average molecular weight is 913 g/mol. The number of unbranched alkanes of at least 4 members (excludes halogenated alkanes) is 32. The molecule has 0 aromatic carbocycles. The minimum Gasteiger partial charge on any atom is -0.462 e. The fraction of sp³-hybridized carbons (Fsp3) is 0.831. The van der Waals surface area contributed by atoms with Crippen LogP contribution in [-0.2, 0) is 14.3 Å². The minimum atomic E-state index is -0.795. The second-order valence-electron chi connectivity index (χ2n) is 19.4. The number of rotatable bonds is 51. The zero-order valence-electron chi connectivity index (χ0n) is 43.4. The summed E-state index contributed by atoms with van der Waals surface area (Å²) in [6.07, 6.45) is 64.6. The van der Waals surface area contributed by atoms with Gasteiger partial charge in [0.2, 0.25) is 5.91 Å². The predicted octanol–water partition coefficient (Wildman–Crippen LogP) is 17.4. The first-order valence-electron chi connectivity index (χ1n) is 28.4. The van der Waals surface area contributed by atoms with Crippen LogP contribution in [-0.4, -0.2) is 46.9 Å². The SMILES string of the molecule is CCCCC/C=C\C/C=C\CCCCCCCCCCCC(=O)OC(CCCCC/C=C/C=C/CCCCCCCCC)CC(=O)NC(CO)C(O)CCCCCCCCCCCCC. The molecule has 0 aliphatic heterocycles. The van der Waals surface area contributed by atoms with E-state index in [0.717, 1.165) is 77.0 Å². The van der Waals surface area contributed by atoms with E-state index in [-0.39, 0.29) is 24.9 Å². The standard InChI is InChI=1S/C59H109NO5/c1-4-7-10-13-16-19-22-24-26-28-29-30-32-34-37-40-43-46-49-52-59(64)65-55(50-47-44-41-38-36-33-31-27-25-23-20-17-14-11-8-5-2)53-58(63)60-56(54-61)57(62)51-48-45-42-39-35-21-18-15-12-9-6-3/h16,19,24,26-27,31,33,36,55-57,61-62H,4-15,17-18,20-23,25,28-30,32,34-35,37-54H2,1-3H3,(H,60,63)/b19-16-,26-24-,31-27+,36-33+. The Hall–Kier alpha value is -2.18. The molecule has 380 valence electrons. The number of hydrogen-bond acceptors (Lipinski definition) is 5. The van der Waals surface area contributed by atoms with Crippen LogP contribution in [0.3, 0.4) is 0 Å². The predicted molar refractivity (Wildman–Crippen MR) is 282 cm³/mol. The average Bonchev–Trinajstić information content (AvgIpc) is 3.30. The van der Waals surface area contributed by atoms with E-state index in [0.29, 0.717) is 19.3 Å². The van der Waals surface area contributed by atoms with Crippen molar-refractivity contribution in [2.24, 2.45) is 0 Å². The molecular formula is C59H109NO5. The van der Waals surface area contributed by atoms with Gasteiger partial charge in [-0.15, -0.1) is 0 Å². The van der Waals surface area contributed by atoms with Crippen molar-refractivity contribution in [3.8, 4) is 0 Å². The fourth-order valence-electron chi connectivity index (χ4n) is 8.57.